The van der Waals surface area contributed by atoms with Crippen molar-refractivity contribution in [2.24, 2.45) is 5.73 Å². The number of pyridine rings is 1. The lowest BCUT2D eigenvalue weighted by atomic mass is 9.89. The molecule has 10 heteroatoms. The molecule has 1 aromatic heterocycles. The predicted octanol–water partition coefficient (Wildman–Crippen LogP) is 2.65. The van der Waals surface area contributed by atoms with Crippen LogP contribution in [0.3, 0.4) is 0 Å². The summed E-state index contributed by atoms with van der Waals surface area (Å²) < 4.78 is 39.6. The van der Waals surface area contributed by atoms with Gasteiger partial charge in [-0.05, 0) is 23.5 Å². The molecule has 0 spiro atoms. The molecule has 0 radical (unpaired) electrons. The summed E-state index contributed by atoms with van der Waals surface area (Å²) >= 11 is 0. The van der Waals surface area contributed by atoms with Gasteiger partial charge < -0.3 is 19.8 Å². The minimum atomic E-state index is -3.92. The Morgan fingerprint density at radius 2 is 1.61 bits per heavy atom. The number of hydrogen-bond acceptors (Lipinski definition) is 7. The molecular formula is C21H28N2O7S. The minimum absolute atomic E-state index is 0.0310. The third-order valence-electron chi connectivity index (χ3n) is 3.99. The Morgan fingerprint density at radius 3 is 2.06 bits per heavy atom. The van der Waals surface area contributed by atoms with E-state index in [1.165, 1.54) is 0 Å². The molecule has 0 saturated heterocycles. The topological polar surface area (TPSA) is 140 Å². The highest BCUT2D eigenvalue weighted by molar-refractivity contribution is 7.84. The summed E-state index contributed by atoms with van der Waals surface area (Å²) in [6.07, 6.45) is 3.33. The highest BCUT2D eigenvalue weighted by Crippen LogP contribution is 2.37. The molecule has 0 fully saturated rings. The molecular weight excluding hydrogens is 424 g/mol. The Balaban J connectivity index is 0.000000861. The van der Waals surface area contributed by atoms with Crippen molar-refractivity contribution in [1.29, 1.82) is 0 Å². The lowest BCUT2D eigenvalue weighted by molar-refractivity contribution is -0.727. The Labute approximate surface area is 182 Å². The smallest absolute Gasteiger partial charge is 0.518 e. The summed E-state index contributed by atoms with van der Waals surface area (Å²) in [5.74, 6) is -0.153. The van der Waals surface area contributed by atoms with Gasteiger partial charge in [-0.25, -0.2) is 13.2 Å². The quantitative estimate of drug-likeness (QED) is 0.307. The van der Waals surface area contributed by atoms with E-state index in [4.69, 9.17) is 28.2 Å². The largest absolute Gasteiger partial charge is 0.748 e. The molecule has 9 nitrogen and oxygen atoms in total. The van der Waals surface area contributed by atoms with Crippen LogP contribution in [-0.2, 0) is 21.6 Å². The fraction of sp³-hybridized carbons (Fsp3) is 0.381. The molecule has 31 heavy (non-hydrogen) atoms. The van der Waals surface area contributed by atoms with Crippen molar-refractivity contribution in [3.8, 4) is 5.75 Å². The number of hydrogen-bond donors (Lipinski definition) is 1. The van der Waals surface area contributed by atoms with Crippen molar-refractivity contribution < 1.29 is 36.6 Å². The van der Waals surface area contributed by atoms with Gasteiger partial charge in [0.25, 0.3) is 6.73 Å². The van der Waals surface area contributed by atoms with E-state index in [-0.39, 0.29) is 18.6 Å². The molecule has 0 saturated carbocycles. The van der Waals surface area contributed by atoms with Crippen LogP contribution in [0.1, 0.15) is 61.0 Å². The number of ether oxygens (including phenoxy) is 2. The van der Waals surface area contributed by atoms with Crippen molar-refractivity contribution in [2.45, 2.75) is 46.3 Å². The van der Waals surface area contributed by atoms with E-state index in [1.807, 2.05) is 45.9 Å². The van der Waals surface area contributed by atoms with Gasteiger partial charge in [0.15, 0.2) is 12.4 Å². The highest BCUT2D eigenvalue weighted by atomic mass is 32.2. The van der Waals surface area contributed by atoms with Crippen molar-refractivity contribution in [2.75, 3.05) is 6.26 Å². The number of carbonyl (C=O) groups excluding carboxylic acids is 2. The molecule has 1 heterocycles. The van der Waals surface area contributed by atoms with Crippen LogP contribution < -0.4 is 15.0 Å². The van der Waals surface area contributed by atoms with Gasteiger partial charge in [-0.3, -0.25) is 4.79 Å². The number of amides is 1. The molecule has 1 aromatic carbocycles. The van der Waals surface area contributed by atoms with Gasteiger partial charge in [-0.15, -0.1) is 0 Å². The Kier molecular flexibility index (Phi) is 9.60. The highest BCUT2D eigenvalue weighted by Gasteiger charge is 2.24. The number of nitrogens with zero attached hydrogens (tertiary/aromatic N) is 1. The van der Waals surface area contributed by atoms with Crippen LogP contribution in [0.4, 0.5) is 4.79 Å². The Hall–Kier alpha value is -2.98. The summed E-state index contributed by atoms with van der Waals surface area (Å²) in [7, 11) is -3.92. The molecule has 0 aliphatic rings. The van der Waals surface area contributed by atoms with Crippen molar-refractivity contribution in [3.63, 3.8) is 0 Å². The summed E-state index contributed by atoms with van der Waals surface area (Å²) in [6, 6.07) is 8.99. The van der Waals surface area contributed by atoms with Crippen LogP contribution in [0.5, 0.6) is 5.75 Å². The average Bonchev–Trinajstić information content (AvgIpc) is 2.65. The molecule has 1 amide bonds. The zero-order valence-electron chi connectivity index (χ0n) is 18.2. The standard InChI is InChI=1S/C20H24N2O4.CH4O3S/c1-13(2)15-8-9-16(19(21)23)17(14(3)4)18(15)26-20(24)25-12-22-10-6-5-7-11-22;1-5(2,3)4/h5-11,13-14H,12H2,1-4H3,(H-,21,23);1H3,(H,2,3,4). The molecule has 2 aromatic rings. The first-order chi connectivity index (χ1) is 14.3. The van der Waals surface area contributed by atoms with E-state index in [0.717, 1.165) is 5.56 Å². The van der Waals surface area contributed by atoms with E-state index in [9.17, 15) is 9.59 Å². The second-order valence-corrected chi connectivity index (χ2v) is 8.75. The zero-order valence-corrected chi connectivity index (χ0v) is 19.0. The van der Waals surface area contributed by atoms with Crippen molar-refractivity contribution in [1.82, 2.24) is 0 Å². The number of primary amides is 1. The fourth-order valence-corrected chi connectivity index (χ4v) is 2.73. The monoisotopic (exact) mass is 452 g/mol. The average molecular weight is 453 g/mol. The lowest BCUT2D eigenvalue weighted by Crippen LogP contribution is -2.35. The summed E-state index contributed by atoms with van der Waals surface area (Å²) in [5.41, 5.74) is 7.29. The second-order valence-electron chi connectivity index (χ2n) is 7.34. The van der Waals surface area contributed by atoms with E-state index in [1.54, 1.807) is 29.1 Å². The summed E-state index contributed by atoms with van der Waals surface area (Å²) in [4.78, 5) is 24.0. The number of rotatable bonds is 6. The van der Waals surface area contributed by atoms with Crippen LogP contribution in [-0.4, -0.2) is 31.3 Å². The maximum Gasteiger partial charge on any atom is 0.518 e. The maximum atomic E-state index is 12.2. The second kappa shape index (κ2) is 11.4. The number of carbonyl (C=O) groups is 2. The van der Waals surface area contributed by atoms with Crippen LogP contribution in [0.25, 0.3) is 0 Å². The third-order valence-corrected chi connectivity index (χ3v) is 3.99. The van der Waals surface area contributed by atoms with Crippen LogP contribution in [0, 0.1) is 0 Å². The van der Waals surface area contributed by atoms with E-state index in [0.29, 0.717) is 23.1 Å². The number of aromatic nitrogens is 1. The SMILES string of the molecule is CC(C)c1ccc(C(N)=O)c(C(C)C)c1OC(=O)OC[n+]1ccccc1.CS(=O)(=O)[O-]. The molecule has 0 aliphatic carbocycles. The Morgan fingerprint density at radius 1 is 1.06 bits per heavy atom. The van der Waals surface area contributed by atoms with E-state index >= 15 is 0 Å². The van der Waals surface area contributed by atoms with Crippen LogP contribution >= 0.6 is 0 Å². The van der Waals surface area contributed by atoms with E-state index < -0.39 is 22.2 Å². The van der Waals surface area contributed by atoms with Crippen LogP contribution in [0.15, 0.2) is 42.7 Å². The molecule has 2 N–H and O–H groups in total. The third kappa shape index (κ3) is 9.14. The van der Waals surface area contributed by atoms with Gasteiger partial charge in [0.1, 0.15) is 5.75 Å². The first-order valence-electron chi connectivity index (χ1n) is 9.47. The molecule has 2 rings (SSSR count). The van der Waals surface area contributed by atoms with Gasteiger partial charge >= 0.3 is 6.16 Å². The first-order valence-corrected chi connectivity index (χ1v) is 11.3. The maximum absolute atomic E-state index is 12.2. The molecule has 170 valence electrons. The molecule has 0 aliphatic heterocycles. The normalized spacial score (nSPS) is 11.0. The van der Waals surface area contributed by atoms with Crippen molar-refractivity contribution >= 4 is 22.2 Å². The van der Waals surface area contributed by atoms with Gasteiger partial charge in [0.05, 0.1) is 10.1 Å². The van der Waals surface area contributed by atoms with Crippen LogP contribution in [0.2, 0.25) is 0 Å². The lowest BCUT2D eigenvalue weighted by Gasteiger charge is -2.20. The zero-order chi connectivity index (χ0) is 23.8. The summed E-state index contributed by atoms with van der Waals surface area (Å²) in [6.45, 7) is 7.85. The van der Waals surface area contributed by atoms with Gasteiger partial charge in [0.2, 0.25) is 5.91 Å². The minimum Gasteiger partial charge on any atom is -0.748 e. The summed E-state index contributed by atoms with van der Waals surface area (Å²) in [5, 5.41) is 0. The Bertz CT molecular complexity index is 996. The molecule has 0 atom stereocenters. The number of nitrogens with two attached hydrogens (primary N) is 1. The fourth-order valence-electron chi connectivity index (χ4n) is 2.73. The first kappa shape index (κ1) is 26.1. The predicted molar refractivity (Wildman–Crippen MR) is 113 cm³/mol. The van der Waals surface area contributed by atoms with E-state index in [2.05, 4.69) is 0 Å². The van der Waals surface area contributed by atoms with Gasteiger partial charge in [-0.1, -0.05) is 39.8 Å². The van der Waals surface area contributed by atoms with Gasteiger partial charge in [0, 0.05) is 29.5 Å². The molecule has 0 unspecified atom stereocenters. The number of benzene rings is 1. The molecule has 0 bridgehead atoms. The van der Waals surface area contributed by atoms with Crippen molar-refractivity contribution in [3.05, 3.63) is 59.4 Å². The van der Waals surface area contributed by atoms with Gasteiger partial charge in [-0.2, -0.15) is 4.57 Å².